The Balaban J connectivity index is 2.18. The van der Waals surface area contributed by atoms with Crippen molar-refractivity contribution >= 4 is 23.4 Å². The van der Waals surface area contributed by atoms with Gasteiger partial charge in [-0.15, -0.1) is 0 Å². The zero-order valence-corrected chi connectivity index (χ0v) is 19.4. The molecule has 1 fully saturated rings. The number of H-pyrrole nitrogens is 1. The summed E-state index contributed by atoms with van der Waals surface area (Å²) in [6, 6.07) is 4.66. The number of Topliss-reactive ketones (excluding diaryl/α,β-unsaturated/α-hetero) is 1. The van der Waals surface area contributed by atoms with Crippen LogP contribution in [0, 0.1) is 19.7 Å². The van der Waals surface area contributed by atoms with Gasteiger partial charge in [0.2, 0.25) is 0 Å². The molecule has 1 aromatic heterocycles. The van der Waals surface area contributed by atoms with Crippen LogP contribution in [0.3, 0.4) is 0 Å². The van der Waals surface area contributed by atoms with E-state index in [4.69, 9.17) is 4.74 Å². The molecule has 1 atom stereocenters. The third-order valence-corrected chi connectivity index (χ3v) is 5.77. The number of aryl methyl sites for hydroxylation is 1. The number of aromatic nitrogens is 1. The number of amides is 1. The van der Waals surface area contributed by atoms with Crippen molar-refractivity contribution in [2.24, 2.45) is 0 Å². The number of aliphatic hydroxyl groups excluding tert-OH is 1. The summed E-state index contributed by atoms with van der Waals surface area (Å²) in [7, 11) is 5.03. The van der Waals surface area contributed by atoms with E-state index in [1.807, 2.05) is 19.0 Å². The van der Waals surface area contributed by atoms with Gasteiger partial charge in [0.15, 0.2) is 0 Å². The number of ether oxygens (including phenoxy) is 1. The first-order valence-corrected chi connectivity index (χ1v) is 10.5. The lowest BCUT2D eigenvalue weighted by atomic mass is 9.94. The third-order valence-electron chi connectivity index (χ3n) is 5.77. The van der Waals surface area contributed by atoms with Crippen LogP contribution in [0.5, 0.6) is 0 Å². The standard InChI is InChI=1S/C24H28FN3O5/c1-13-17(14(2)26-19(13)24(32)33-5)21(29)18-20(15-8-6-9-16(25)12-15)28(23(31)22(18)30)11-7-10-27(3)4/h6,8-9,12,20,26,29H,7,10-11H2,1-5H3/b21-18+/t20-/m1/s1. The topological polar surface area (TPSA) is 103 Å². The number of nitrogens with one attached hydrogen (secondary N) is 1. The molecule has 1 amide bonds. The predicted octanol–water partition coefficient (Wildman–Crippen LogP) is 2.93. The zero-order valence-electron chi connectivity index (χ0n) is 19.4. The van der Waals surface area contributed by atoms with E-state index in [0.717, 1.165) is 0 Å². The number of carbonyl (C=O) groups is 3. The van der Waals surface area contributed by atoms with Gasteiger partial charge in [0.1, 0.15) is 17.3 Å². The summed E-state index contributed by atoms with van der Waals surface area (Å²) in [5.41, 5.74) is 1.43. The highest BCUT2D eigenvalue weighted by molar-refractivity contribution is 6.46. The third kappa shape index (κ3) is 4.54. The van der Waals surface area contributed by atoms with E-state index in [9.17, 15) is 23.9 Å². The molecule has 1 saturated heterocycles. The Morgan fingerprint density at radius 1 is 1.27 bits per heavy atom. The van der Waals surface area contributed by atoms with Crippen molar-refractivity contribution in [2.75, 3.05) is 34.3 Å². The highest BCUT2D eigenvalue weighted by Crippen LogP contribution is 2.41. The number of aromatic amines is 1. The van der Waals surface area contributed by atoms with E-state index >= 15 is 0 Å². The van der Waals surface area contributed by atoms with Crippen molar-refractivity contribution in [1.82, 2.24) is 14.8 Å². The molecular weight excluding hydrogens is 429 g/mol. The Bertz CT molecular complexity index is 1140. The fourth-order valence-electron chi connectivity index (χ4n) is 4.24. The van der Waals surface area contributed by atoms with Crippen LogP contribution in [0.4, 0.5) is 4.39 Å². The van der Waals surface area contributed by atoms with Crippen LogP contribution in [0.25, 0.3) is 5.76 Å². The molecule has 0 unspecified atom stereocenters. The van der Waals surface area contributed by atoms with Gasteiger partial charge >= 0.3 is 5.97 Å². The first-order valence-electron chi connectivity index (χ1n) is 10.5. The average Bonchev–Trinajstić information content (AvgIpc) is 3.20. The van der Waals surface area contributed by atoms with Crippen molar-refractivity contribution in [2.45, 2.75) is 26.3 Å². The molecule has 0 spiro atoms. The summed E-state index contributed by atoms with van der Waals surface area (Å²) >= 11 is 0. The maximum atomic E-state index is 14.1. The molecule has 9 heteroatoms. The summed E-state index contributed by atoms with van der Waals surface area (Å²) in [6.07, 6.45) is 0.584. The zero-order chi connectivity index (χ0) is 24.4. The van der Waals surface area contributed by atoms with Gasteiger partial charge in [0.05, 0.1) is 18.7 Å². The number of halogens is 1. The summed E-state index contributed by atoms with van der Waals surface area (Å²) in [5, 5.41) is 11.3. The second-order valence-electron chi connectivity index (χ2n) is 8.32. The van der Waals surface area contributed by atoms with E-state index in [1.54, 1.807) is 19.9 Å². The second kappa shape index (κ2) is 9.58. The molecule has 0 saturated carbocycles. The van der Waals surface area contributed by atoms with Crippen LogP contribution >= 0.6 is 0 Å². The Hall–Kier alpha value is -3.46. The molecule has 2 heterocycles. The van der Waals surface area contributed by atoms with Crippen molar-refractivity contribution in [3.8, 4) is 0 Å². The molecule has 2 N–H and O–H groups in total. The lowest BCUT2D eigenvalue weighted by Crippen LogP contribution is -2.32. The Morgan fingerprint density at radius 2 is 1.97 bits per heavy atom. The van der Waals surface area contributed by atoms with E-state index < -0.39 is 35.3 Å². The van der Waals surface area contributed by atoms with Crippen LogP contribution < -0.4 is 0 Å². The highest BCUT2D eigenvalue weighted by Gasteiger charge is 2.46. The minimum absolute atomic E-state index is 0.138. The lowest BCUT2D eigenvalue weighted by molar-refractivity contribution is -0.139. The number of nitrogens with zero attached hydrogens (tertiary/aromatic N) is 2. The molecule has 3 rings (SSSR count). The molecular formula is C24H28FN3O5. The summed E-state index contributed by atoms with van der Waals surface area (Å²) < 4.78 is 18.9. The number of hydrogen-bond acceptors (Lipinski definition) is 6. The van der Waals surface area contributed by atoms with Gasteiger partial charge in [-0.1, -0.05) is 12.1 Å². The lowest BCUT2D eigenvalue weighted by Gasteiger charge is -2.26. The number of methoxy groups -OCH3 is 1. The van der Waals surface area contributed by atoms with Gasteiger partial charge in [-0.25, -0.2) is 9.18 Å². The summed E-state index contributed by atoms with van der Waals surface area (Å²) in [5.74, 6) is -3.18. The molecule has 1 aromatic carbocycles. The van der Waals surface area contributed by atoms with Gasteiger partial charge < -0.3 is 24.6 Å². The first-order chi connectivity index (χ1) is 15.6. The first kappa shape index (κ1) is 24.2. The SMILES string of the molecule is COC(=O)c1[nH]c(C)c(/C(O)=C2\C(=O)C(=O)N(CCCN(C)C)[C@@H]2c2cccc(F)c2)c1C. The molecule has 33 heavy (non-hydrogen) atoms. The number of ketones is 1. The van der Waals surface area contributed by atoms with Crippen molar-refractivity contribution in [3.63, 3.8) is 0 Å². The monoisotopic (exact) mass is 457 g/mol. The molecule has 1 aliphatic rings. The molecule has 2 aromatic rings. The molecule has 176 valence electrons. The predicted molar refractivity (Wildman–Crippen MR) is 120 cm³/mol. The Kier molecular flexibility index (Phi) is 7.02. The van der Waals surface area contributed by atoms with Gasteiger partial charge in [0.25, 0.3) is 11.7 Å². The Morgan fingerprint density at radius 3 is 2.58 bits per heavy atom. The average molecular weight is 458 g/mol. The van der Waals surface area contributed by atoms with Crippen LogP contribution in [-0.4, -0.2) is 71.8 Å². The molecule has 0 aliphatic carbocycles. The summed E-state index contributed by atoms with van der Waals surface area (Å²) in [4.78, 5) is 44.3. The second-order valence-corrected chi connectivity index (χ2v) is 8.32. The normalized spacial score (nSPS) is 17.8. The number of benzene rings is 1. The number of hydrogen-bond donors (Lipinski definition) is 2. The number of carbonyl (C=O) groups excluding carboxylic acids is 3. The maximum absolute atomic E-state index is 14.1. The largest absolute Gasteiger partial charge is 0.507 e. The van der Waals surface area contributed by atoms with E-state index in [1.165, 1.54) is 30.2 Å². The highest BCUT2D eigenvalue weighted by atomic mass is 19.1. The minimum Gasteiger partial charge on any atom is -0.507 e. The van der Waals surface area contributed by atoms with Crippen molar-refractivity contribution in [1.29, 1.82) is 0 Å². The van der Waals surface area contributed by atoms with Gasteiger partial charge in [-0.05, 0) is 64.2 Å². The molecule has 1 aliphatic heterocycles. The maximum Gasteiger partial charge on any atom is 0.354 e. The number of likely N-dealkylation sites (tertiary alicyclic amines) is 1. The van der Waals surface area contributed by atoms with Crippen LogP contribution in [0.15, 0.2) is 29.8 Å². The Labute approximate surface area is 191 Å². The van der Waals surface area contributed by atoms with Crippen LogP contribution in [0.1, 0.15) is 45.3 Å². The van der Waals surface area contributed by atoms with Crippen LogP contribution in [0.2, 0.25) is 0 Å². The fraction of sp³-hybridized carbons (Fsp3) is 0.375. The quantitative estimate of drug-likeness (QED) is 0.287. The van der Waals surface area contributed by atoms with Crippen LogP contribution in [-0.2, 0) is 14.3 Å². The van der Waals surface area contributed by atoms with Crippen molar-refractivity contribution < 1.29 is 28.6 Å². The number of aliphatic hydroxyl groups is 1. The molecule has 0 radical (unpaired) electrons. The number of rotatable bonds is 7. The smallest absolute Gasteiger partial charge is 0.354 e. The van der Waals surface area contributed by atoms with E-state index in [-0.39, 0.29) is 23.4 Å². The number of esters is 1. The van der Waals surface area contributed by atoms with E-state index in [0.29, 0.717) is 29.8 Å². The van der Waals surface area contributed by atoms with Gasteiger partial charge in [-0.3, -0.25) is 9.59 Å². The van der Waals surface area contributed by atoms with Gasteiger partial charge in [0, 0.05) is 17.8 Å². The molecule has 0 bridgehead atoms. The fourth-order valence-corrected chi connectivity index (χ4v) is 4.24. The van der Waals surface area contributed by atoms with E-state index in [2.05, 4.69) is 4.98 Å². The summed E-state index contributed by atoms with van der Waals surface area (Å²) in [6.45, 7) is 4.17. The van der Waals surface area contributed by atoms with Gasteiger partial charge in [-0.2, -0.15) is 0 Å². The van der Waals surface area contributed by atoms with Crippen molar-refractivity contribution in [3.05, 3.63) is 63.7 Å². The minimum atomic E-state index is -0.960. The molecule has 8 nitrogen and oxygen atoms in total.